The largest absolute Gasteiger partial charge is 0.369 e. The molecule has 0 aromatic rings. The monoisotopic (exact) mass is 259 g/mol. The Balaban J connectivity index is 2.53. The molecule has 1 rings (SSSR count). The van der Waals surface area contributed by atoms with E-state index in [1.54, 1.807) is 23.6 Å². The summed E-state index contributed by atoms with van der Waals surface area (Å²) >= 11 is 1.67. The Morgan fingerprint density at radius 1 is 1.53 bits per heavy atom. The highest BCUT2D eigenvalue weighted by Crippen LogP contribution is 2.29. The molecule has 1 saturated heterocycles. The molecule has 0 aromatic carbocycles. The van der Waals surface area contributed by atoms with E-state index in [1.165, 1.54) is 0 Å². The van der Waals surface area contributed by atoms with Gasteiger partial charge in [-0.05, 0) is 31.8 Å². The molecule has 1 aliphatic rings. The van der Waals surface area contributed by atoms with Crippen LogP contribution in [0.3, 0.4) is 0 Å². The molecule has 0 radical (unpaired) electrons. The van der Waals surface area contributed by atoms with Crippen LogP contribution in [0.4, 0.5) is 0 Å². The standard InChI is InChI=1S/C11H21N3O2S/c1-11(10(13)16)4-5-14(7-11)9(15)8(12)3-6-17-2/h8H,3-7,12H2,1-2H3,(H2,13,16)/t8-,11?/m1/s1. The van der Waals surface area contributed by atoms with Crippen molar-refractivity contribution in [1.29, 1.82) is 0 Å². The van der Waals surface area contributed by atoms with Crippen LogP contribution in [0.5, 0.6) is 0 Å². The molecule has 4 N–H and O–H groups in total. The van der Waals surface area contributed by atoms with Gasteiger partial charge in [0.25, 0.3) is 0 Å². The average molecular weight is 259 g/mol. The molecule has 1 aliphatic heterocycles. The Morgan fingerprint density at radius 3 is 2.65 bits per heavy atom. The minimum atomic E-state index is -0.588. The maximum Gasteiger partial charge on any atom is 0.239 e. The molecule has 0 saturated carbocycles. The van der Waals surface area contributed by atoms with Crippen LogP contribution in [0.2, 0.25) is 0 Å². The van der Waals surface area contributed by atoms with Crippen LogP contribution < -0.4 is 11.5 Å². The van der Waals surface area contributed by atoms with Gasteiger partial charge in [0.05, 0.1) is 11.5 Å². The van der Waals surface area contributed by atoms with Crippen LogP contribution in [-0.2, 0) is 9.59 Å². The van der Waals surface area contributed by atoms with E-state index in [1.807, 2.05) is 6.26 Å². The third kappa shape index (κ3) is 3.35. The molecule has 0 bridgehead atoms. The van der Waals surface area contributed by atoms with Gasteiger partial charge in [0, 0.05) is 13.1 Å². The fourth-order valence-electron chi connectivity index (χ4n) is 1.95. The minimum absolute atomic E-state index is 0.0657. The Bertz CT molecular complexity index is 311. The van der Waals surface area contributed by atoms with Crippen molar-refractivity contribution in [3.05, 3.63) is 0 Å². The van der Waals surface area contributed by atoms with Gasteiger partial charge in [-0.2, -0.15) is 11.8 Å². The van der Waals surface area contributed by atoms with E-state index in [-0.39, 0.29) is 11.8 Å². The highest BCUT2D eigenvalue weighted by atomic mass is 32.2. The number of hydrogen-bond acceptors (Lipinski definition) is 4. The van der Waals surface area contributed by atoms with E-state index >= 15 is 0 Å². The first-order chi connectivity index (χ1) is 7.90. The molecule has 2 amide bonds. The summed E-state index contributed by atoms with van der Waals surface area (Å²) in [4.78, 5) is 24.9. The molecule has 6 heteroatoms. The first-order valence-corrected chi connectivity index (χ1v) is 7.13. The third-order valence-corrected chi connectivity index (χ3v) is 3.97. The van der Waals surface area contributed by atoms with Crippen molar-refractivity contribution >= 4 is 23.6 Å². The highest BCUT2D eigenvalue weighted by molar-refractivity contribution is 7.98. The number of primary amides is 1. The summed E-state index contributed by atoms with van der Waals surface area (Å²) in [5.74, 6) is 0.461. The molecule has 1 fully saturated rings. The molecule has 0 spiro atoms. The van der Waals surface area contributed by atoms with Crippen molar-refractivity contribution < 1.29 is 9.59 Å². The Labute approximate surface area is 106 Å². The zero-order chi connectivity index (χ0) is 13.1. The topological polar surface area (TPSA) is 89.4 Å². The number of amides is 2. The molecule has 2 atom stereocenters. The maximum absolute atomic E-state index is 12.0. The zero-order valence-electron chi connectivity index (χ0n) is 10.4. The molecule has 0 aliphatic carbocycles. The number of likely N-dealkylation sites (tertiary alicyclic amines) is 1. The van der Waals surface area contributed by atoms with Crippen LogP contribution in [0, 0.1) is 5.41 Å². The fraction of sp³-hybridized carbons (Fsp3) is 0.818. The third-order valence-electron chi connectivity index (χ3n) is 3.33. The number of carbonyl (C=O) groups excluding carboxylic acids is 2. The summed E-state index contributed by atoms with van der Waals surface area (Å²) in [6.45, 7) is 2.77. The fourth-order valence-corrected chi connectivity index (χ4v) is 2.44. The summed E-state index contributed by atoms with van der Waals surface area (Å²) < 4.78 is 0. The average Bonchev–Trinajstić information content (AvgIpc) is 2.69. The second kappa shape index (κ2) is 5.73. The van der Waals surface area contributed by atoms with Crippen molar-refractivity contribution in [3.63, 3.8) is 0 Å². The normalized spacial score (nSPS) is 25.9. The SMILES string of the molecule is CSCC[C@@H](N)C(=O)N1CCC(C)(C(N)=O)C1. The molecular formula is C11H21N3O2S. The lowest BCUT2D eigenvalue weighted by Gasteiger charge is -2.23. The van der Waals surface area contributed by atoms with Gasteiger partial charge in [-0.1, -0.05) is 0 Å². The summed E-state index contributed by atoms with van der Waals surface area (Å²) in [5.41, 5.74) is 10.6. The molecule has 5 nitrogen and oxygen atoms in total. The summed E-state index contributed by atoms with van der Waals surface area (Å²) in [6, 6.07) is -0.460. The Kier molecular flexibility index (Phi) is 4.82. The zero-order valence-corrected chi connectivity index (χ0v) is 11.3. The molecule has 17 heavy (non-hydrogen) atoms. The second-order valence-corrected chi connectivity index (χ2v) is 5.81. The maximum atomic E-state index is 12.0. The lowest BCUT2D eigenvalue weighted by molar-refractivity contribution is -0.132. The number of hydrogen-bond donors (Lipinski definition) is 2. The lowest BCUT2D eigenvalue weighted by atomic mass is 9.89. The van der Waals surface area contributed by atoms with Gasteiger partial charge in [-0.25, -0.2) is 0 Å². The summed E-state index contributed by atoms with van der Waals surface area (Å²) in [6.07, 6.45) is 3.28. The van der Waals surface area contributed by atoms with Gasteiger partial charge in [0.2, 0.25) is 11.8 Å². The summed E-state index contributed by atoms with van der Waals surface area (Å²) in [5, 5.41) is 0. The quantitative estimate of drug-likeness (QED) is 0.715. The Morgan fingerprint density at radius 2 is 2.18 bits per heavy atom. The number of nitrogens with two attached hydrogens (primary N) is 2. The van der Waals surface area contributed by atoms with Gasteiger partial charge in [-0.15, -0.1) is 0 Å². The van der Waals surface area contributed by atoms with E-state index in [2.05, 4.69) is 0 Å². The van der Waals surface area contributed by atoms with Gasteiger partial charge >= 0.3 is 0 Å². The van der Waals surface area contributed by atoms with Gasteiger partial charge < -0.3 is 16.4 Å². The van der Waals surface area contributed by atoms with Gasteiger partial charge in [0.15, 0.2) is 0 Å². The second-order valence-electron chi connectivity index (χ2n) is 4.82. The van der Waals surface area contributed by atoms with Crippen molar-refractivity contribution in [1.82, 2.24) is 4.90 Å². The van der Waals surface area contributed by atoms with Crippen LogP contribution in [0.15, 0.2) is 0 Å². The smallest absolute Gasteiger partial charge is 0.239 e. The van der Waals surface area contributed by atoms with E-state index in [9.17, 15) is 9.59 Å². The first kappa shape index (κ1) is 14.3. The molecule has 1 unspecified atom stereocenters. The number of nitrogens with zero attached hydrogens (tertiary/aromatic N) is 1. The Hall–Kier alpha value is -0.750. The van der Waals surface area contributed by atoms with E-state index in [0.29, 0.717) is 25.9 Å². The molecule has 98 valence electrons. The highest BCUT2D eigenvalue weighted by Gasteiger charge is 2.41. The summed E-state index contributed by atoms with van der Waals surface area (Å²) in [7, 11) is 0. The molecular weight excluding hydrogens is 238 g/mol. The minimum Gasteiger partial charge on any atom is -0.369 e. The van der Waals surface area contributed by atoms with Crippen molar-refractivity contribution in [2.24, 2.45) is 16.9 Å². The lowest BCUT2D eigenvalue weighted by Crippen LogP contribution is -2.45. The van der Waals surface area contributed by atoms with Crippen LogP contribution in [0.25, 0.3) is 0 Å². The van der Waals surface area contributed by atoms with Crippen LogP contribution in [-0.4, -0.2) is 47.9 Å². The van der Waals surface area contributed by atoms with Gasteiger partial charge in [-0.3, -0.25) is 9.59 Å². The first-order valence-electron chi connectivity index (χ1n) is 5.74. The van der Waals surface area contributed by atoms with Gasteiger partial charge in [0.1, 0.15) is 0 Å². The van der Waals surface area contributed by atoms with Crippen LogP contribution >= 0.6 is 11.8 Å². The predicted octanol–water partition coefficient (Wildman–Crippen LogP) is -0.209. The number of carbonyl (C=O) groups is 2. The number of thioether (sulfide) groups is 1. The number of rotatable bonds is 5. The van der Waals surface area contributed by atoms with Crippen LogP contribution in [0.1, 0.15) is 19.8 Å². The van der Waals surface area contributed by atoms with Crippen molar-refractivity contribution in [2.75, 3.05) is 25.1 Å². The predicted molar refractivity (Wildman–Crippen MR) is 69.5 cm³/mol. The molecule has 1 heterocycles. The van der Waals surface area contributed by atoms with E-state index < -0.39 is 11.5 Å². The van der Waals surface area contributed by atoms with Crippen molar-refractivity contribution in [2.45, 2.75) is 25.8 Å². The van der Waals surface area contributed by atoms with E-state index in [0.717, 1.165) is 5.75 Å². The molecule has 0 aromatic heterocycles. The van der Waals surface area contributed by atoms with Crippen molar-refractivity contribution in [3.8, 4) is 0 Å². The van der Waals surface area contributed by atoms with E-state index in [4.69, 9.17) is 11.5 Å².